The van der Waals surface area contributed by atoms with E-state index in [0.29, 0.717) is 0 Å². The largest absolute Gasteiger partial charge is 0.454 e. The number of nitrogen functional groups attached to an aromatic ring is 1. The maximum Gasteiger partial charge on any atom is 0.344 e. The lowest BCUT2D eigenvalue weighted by atomic mass is 9.92. The minimum Gasteiger partial charge on any atom is -0.454 e. The van der Waals surface area contributed by atoms with Gasteiger partial charge in [0, 0.05) is 12.8 Å². The van der Waals surface area contributed by atoms with Crippen LogP contribution >= 0.6 is 0 Å². The van der Waals surface area contributed by atoms with Crippen LogP contribution < -0.4 is 5.73 Å². The first kappa shape index (κ1) is 20.8. The number of ketones is 1. The van der Waals surface area contributed by atoms with E-state index < -0.39 is 41.5 Å². The third-order valence-corrected chi connectivity index (χ3v) is 4.94. The molecule has 10 heteroatoms. The fourth-order valence-corrected chi connectivity index (χ4v) is 3.41. The third kappa shape index (κ3) is 4.25. The van der Waals surface area contributed by atoms with Gasteiger partial charge >= 0.3 is 5.97 Å². The highest BCUT2D eigenvalue weighted by molar-refractivity contribution is 6.01. The number of ether oxygens (including phenoxy) is 1. The molecule has 3 rings (SSSR count). The molecule has 29 heavy (non-hydrogen) atoms. The number of nitrogens with zero attached hydrogens (tertiary/aromatic N) is 2. The molecule has 0 bridgehead atoms. The van der Waals surface area contributed by atoms with Gasteiger partial charge in [-0.3, -0.25) is 4.79 Å². The molecular formula is C19H19F4N3O3. The molecule has 0 atom stereocenters. The van der Waals surface area contributed by atoms with E-state index in [1.165, 1.54) is 11.6 Å². The second-order valence-electron chi connectivity index (χ2n) is 6.97. The average molecular weight is 413 g/mol. The standard InChI is InChI=1S/C19H19F4N3O3/c1-10-15(17(24)26(25-10)11-5-7-19(22,23)8-6-11)18(28)29-9-14(27)16-12(20)3-2-4-13(16)21/h2-4,11H,5-9,24H2,1H3. The molecule has 1 aliphatic carbocycles. The van der Waals surface area contributed by atoms with Gasteiger partial charge in [-0.1, -0.05) is 6.07 Å². The van der Waals surface area contributed by atoms with Crippen molar-refractivity contribution in [3.63, 3.8) is 0 Å². The Morgan fingerprint density at radius 2 is 1.79 bits per heavy atom. The smallest absolute Gasteiger partial charge is 0.344 e. The van der Waals surface area contributed by atoms with Gasteiger partial charge in [0.1, 0.15) is 23.0 Å². The Morgan fingerprint density at radius 3 is 2.38 bits per heavy atom. The highest BCUT2D eigenvalue weighted by Gasteiger charge is 2.37. The van der Waals surface area contributed by atoms with Gasteiger partial charge in [-0.2, -0.15) is 5.10 Å². The molecule has 0 amide bonds. The van der Waals surface area contributed by atoms with Gasteiger partial charge in [0.2, 0.25) is 11.7 Å². The molecule has 1 saturated carbocycles. The Morgan fingerprint density at radius 1 is 1.21 bits per heavy atom. The Kier molecular flexibility index (Phi) is 5.63. The number of nitrogens with two attached hydrogens (primary N) is 1. The van der Waals surface area contributed by atoms with Crippen LogP contribution in [0, 0.1) is 18.6 Å². The molecule has 156 valence electrons. The number of esters is 1. The Bertz CT molecular complexity index is 928. The molecule has 2 aromatic rings. The lowest BCUT2D eigenvalue weighted by Crippen LogP contribution is -2.27. The second-order valence-corrected chi connectivity index (χ2v) is 6.97. The molecular weight excluding hydrogens is 394 g/mol. The highest BCUT2D eigenvalue weighted by atomic mass is 19.3. The van der Waals surface area contributed by atoms with E-state index in [9.17, 15) is 27.2 Å². The van der Waals surface area contributed by atoms with Gasteiger partial charge < -0.3 is 10.5 Å². The minimum absolute atomic E-state index is 0.0627. The molecule has 1 aliphatic rings. The lowest BCUT2D eigenvalue weighted by Gasteiger charge is -2.28. The van der Waals surface area contributed by atoms with Gasteiger partial charge in [0.25, 0.3) is 0 Å². The van der Waals surface area contributed by atoms with Crippen molar-refractivity contribution in [3.05, 3.63) is 46.7 Å². The normalized spacial score (nSPS) is 16.6. The van der Waals surface area contributed by atoms with Crippen LogP contribution in [0.2, 0.25) is 0 Å². The van der Waals surface area contributed by atoms with E-state index in [4.69, 9.17) is 10.5 Å². The molecule has 0 spiro atoms. The SMILES string of the molecule is Cc1nn(C2CCC(F)(F)CC2)c(N)c1C(=O)OCC(=O)c1c(F)cccc1F. The van der Waals surface area contributed by atoms with Crippen LogP contribution in [0.25, 0.3) is 0 Å². The summed E-state index contributed by atoms with van der Waals surface area (Å²) < 4.78 is 60.2. The fraction of sp³-hybridized carbons (Fsp3) is 0.421. The first-order chi connectivity index (χ1) is 13.6. The number of benzene rings is 1. The van der Waals surface area contributed by atoms with Gasteiger partial charge in [-0.05, 0) is 31.9 Å². The average Bonchev–Trinajstić information content (AvgIpc) is 2.94. The van der Waals surface area contributed by atoms with Gasteiger partial charge in [-0.15, -0.1) is 0 Å². The zero-order chi connectivity index (χ0) is 21.3. The predicted molar refractivity (Wildman–Crippen MR) is 94.8 cm³/mol. The summed E-state index contributed by atoms with van der Waals surface area (Å²) in [5, 5.41) is 4.16. The van der Waals surface area contributed by atoms with Crippen LogP contribution in [0.15, 0.2) is 18.2 Å². The number of carbonyl (C=O) groups is 2. The van der Waals surface area contributed by atoms with E-state index in [2.05, 4.69) is 5.10 Å². The molecule has 0 saturated heterocycles. The number of carbonyl (C=O) groups excluding carboxylic acids is 2. The van der Waals surface area contributed by atoms with Crippen molar-refractivity contribution in [2.45, 2.75) is 44.6 Å². The summed E-state index contributed by atoms with van der Waals surface area (Å²) in [4.78, 5) is 24.4. The molecule has 1 aromatic heterocycles. The number of alkyl halides is 2. The van der Waals surface area contributed by atoms with Crippen LogP contribution in [0.5, 0.6) is 0 Å². The quantitative estimate of drug-likeness (QED) is 0.457. The van der Waals surface area contributed by atoms with Gasteiger partial charge in [0.15, 0.2) is 6.61 Å². The number of hydrogen-bond acceptors (Lipinski definition) is 5. The van der Waals surface area contributed by atoms with E-state index in [0.717, 1.165) is 18.2 Å². The summed E-state index contributed by atoms with van der Waals surface area (Å²) in [5.41, 5.74) is 5.27. The van der Waals surface area contributed by atoms with Crippen molar-refractivity contribution in [1.29, 1.82) is 0 Å². The molecule has 0 unspecified atom stereocenters. The van der Waals surface area contributed by atoms with E-state index in [1.54, 1.807) is 0 Å². The van der Waals surface area contributed by atoms with Crippen LogP contribution in [0.3, 0.4) is 0 Å². The van der Waals surface area contributed by atoms with Gasteiger partial charge in [-0.25, -0.2) is 27.0 Å². The molecule has 2 N–H and O–H groups in total. The van der Waals surface area contributed by atoms with E-state index >= 15 is 0 Å². The number of halogens is 4. The molecule has 1 heterocycles. The number of hydrogen-bond donors (Lipinski definition) is 1. The maximum atomic E-state index is 13.7. The molecule has 1 fully saturated rings. The van der Waals surface area contributed by atoms with Crippen molar-refractivity contribution in [1.82, 2.24) is 9.78 Å². The van der Waals surface area contributed by atoms with Gasteiger partial charge in [0.05, 0.1) is 17.3 Å². The van der Waals surface area contributed by atoms with Crippen molar-refractivity contribution < 1.29 is 31.9 Å². The molecule has 0 aliphatic heterocycles. The van der Waals surface area contributed by atoms with Crippen LogP contribution in [0.1, 0.15) is 58.1 Å². The zero-order valence-electron chi connectivity index (χ0n) is 15.6. The monoisotopic (exact) mass is 413 g/mol. The molecule has 0 radical (unpaired) electrons. The number of Topliss-reactive ketones (excluding diaryl/α,β-unsaturated/α-hetero) is 1. The summed E-state index contributed by atoms with van der Waals surface area (Å²) in [7, 11) is 0. The Labute approximate surface area is 163 Å². The Hall–Kier alpha value is -2.91. The highest BCUT2D eigenvalue weighted by Crippen LogP contribution is 2.39. The molecule has 6 nitrogen and oxygen atoms in total. The van der Waals surface area contributed by atoms with Crippen molar-refractivity contribution in [3.8, 4) is 0 Å². The number of aryl methyl sites for hydroxylation is 1. The minimum atomic E-state index is -2.72. The summed E-state index contributed by atoms with van der Waals surface area (Å²) in [5.74, 6) is -6.96. The van der Waals surface area contributed by atoms with Crippen LogP contribution in [-0.4, -0.2) is 34.1 Å². The summed E-state index contributed by atoms with van der Waals surface area (Å²) in [6, 6.07) is 2.55. The predicted octanol–water partition coefficient (Wildman–Crippen LogP) is 3.84. The Balaban J connectivity index is 1.72. The summed E-state index contributed by atoms with van der Waals surface area (Å²) >= 11 is 0. The van der Waals surface area contributed by atoms with Crippen LogP contribution in [0.4, 0.5) is 23.4 Å². The summed E-state index contributed by atoms with van der Waals surface area (Å²) in [6.45, 7) is 0.593. The topological polar surface area (TPSA) is 87.2 Å². The maximum absolute atomic E-state index is 13.7. The van der Waals surface area contributed by atoms with E-state index in [1.807, 2.05) is 0 Å². The van der Waals surface area contributed by atoms with Crippen molar-refractivity contribution in [2.24, 2.45) is 0 Å². The lowest BCUT2D eigenvalue weighted by molar-refractivity contribution is -0.0448. The first-order valence-electron chi connectivity index (χ1n) is 8.97. The fourth-order valence-electron chi connectivity index (χ4n) is 3.41. The van der Waals surface area contributed by atoms with Crippen molar-refractivity contribution in [2.75, 3.05) is 12.3 Å². The zero-order valence-corrected chi connectivity index (χ0v) is 15.6. The van der Waals surface area contributed by atoms with Crippen molar-refractivity contribution >= 4 is 17.6 Å². The third-order valence-electron chi connectivity index (χ3n) is 4.94. The number of anilines is 1. The molecule has 1 aromatic carbocycles. The van der Waals surface area contributed by atoms with E-state index in [-0.39, 0.29) is 48.8 Å². The second kappa shape index (κ2) is 7.84. The summed E-state index contributed by atoms with van der Waals surface area (Å²) in [6.07, 6.45) is -0.313. The number of rotatable bonds is 5. The first-order valence-corrected chi connectivity index (χ1v) is 8.97. The van der Waals surface area contributed by atoms with Crippen LogP contribution in [-0.2, 0) is 4.74 Å². The number of aromatic nitrogens is 2.